The van der Waals surface area contributed by atoms with Gasteiger partial charge in [0.2, 0.25) is 0 Å². The highest BCUT2D eigenvalue weighted by Gasteiger charge is 2.19. The van der Waals surface area contributed by atoms with E-state index in [1.807, 2.05) is 6.92 Å². The van der Waals surface area contributed by atoms with E-state index in [4.69, 9.17) is 16.3 Å². The smallest absolute Gasteiger partial charge is 0.359 e. The largest absolute Gasteiger partial charge is 0.451 e. The highest BCUT2D eigenvalue weighted by atomic mass is 35.5. The van der Waals surface area contributed by atoms with Crippen LogP contribution in [0, 0.1) is 0 Å². The zero-order valence-electron chi connectivity index (χ0n) is 15.9. The first-order valence-electron chi connectivity index (χ1n) is 9.22. The summed E-state index contributed by atoms with van der Waals surface area (Å²) in [5, 5.41) is 7.92. The van der Waals surface area contributed by atoms with Crippen molar-refractivity contribution in [2.45, 2.75) is 26.3 Å². The number of para-hydroxylation sites is 1. The summed E-state index contributed by atoms with van der Waals surface area (Å²) in [5.41, 5.74) is 0.163. The van der Waals surface area contributed by atoms with E-state index in [0.29, 0.717) is 28.0 Å². The summed E-state index contributed by atoms with van der Waals surface area (Å²) in [7, 11) is 0. The molecule has 0 saturated carbocycles. The van der Waals surface area contributed by atoms with Gasteiger partial charge in [-0.15, -0.1) is 0 Å². The number of benzene rings is 2. The van der Waals surface area contributed by atoms with Crippen molar-refractivity contribution < 1.29 is 14.3 Å². The molecule has 0 unspecified atom stereocenters. The van der Waals surface area contributed by atoms with E-state index in [0.717, 1.165) is 12.8 Å². The van der Waals surface area contributed by atoms with Crippen molar-refractivity contribution in [2.24, 2.45) is 0 Å². The fourth-order valence-electron chi connectivity index (χ4n) is 2.79. The molecule has 0 radical (unpaired) electrons. The first-order valence-corrected chi connectivity index (χ1v) is 9.60. The third-order valence-electron chi connectivity index (χ3n) is 4.27. The number of hydrogen-bond donors (Lipinski definition) is 1. The van der Waals surface area contributed by atoms with Crippen LogP contribution in [0.3, 0.4) is 0 Å². The molecular weight excluding hydrogens is 394 g/mol. The maximum absolute atomic E-state index is 12.6. The van der Waals surface area contributed by atoms with Crippen LogP contribution >= 0.6 is 11.6 Å². The molecule has 0 aliphatic carbocycles. The number of rotatable bonds is 7. The number of esters is 1. The van der Waals surface area contributed by atoms with Gasteiger partial charge in [-0.05, 0) is 24.6 Å². The Balaban J connectivity index is 1.79. The molecule has 1 N–H and O–H groups in total. The first kappa shape index (κ1) is 20.5. The van der Waals surface area contributed by atoms with Gasteiger partial charge in [-0.3, -0.25) is 9.59 Å². The van der Waals surface area contributed by atoms with Crippen LogP contribution in [-0.2, 0) is 16.1 Å². The highest BCUT2D eigenvalue weighted by molar-refractivity contribution is 6.33. The van der Waals surface area contributed by atoms with Gasteiger partial charge >= 0.3 is 5.97 Å². The van der Waals surface area contributed by atoms with Crippen LogP contribution in [-0.4, -0.2) is 28.3 Å². The molecule has 1 heterocycles. The summed E-state index contributed by atoms with van der Waals surface area (Å²) >= 11 is 6.00. The Morgan fingerprint density at radius 2 is 1.79 bits per heavy atom. The zero-order valence-corrected chi connectivity index (χ0v) is 16.6. The highest BCUT2D eigenvalue weighted by Crippen LogP contribution is 2.20. The lowest BCUT2D eigenvalue weighted by Gasteiger charge is -2.11. The predicted molar refractivity (Wildman–Crippen MR) is 111 cm³/mol. The van der Waals surface area contributed by atoms with Crippen molar-refractivity contribution in [3.63, 3.8) is 0 Å². The molecular formula is C21H20ClN3O4. The second kappa shape index (κ2) is 9.34. The molecule has 0 fully saturated rings. The molecule has 3 rings (SSSR count). The molecule has 0 atom stereocenters. The van der Waals surface area contributed by atoms with Gasteiger partial charge in [-0.25, -0.2) is 9.48 Å². The summed E-state index contributed by atoms with van der Waals surface area (Å²) in [6.45, 7) is 1.89. The third kappa shape index (κ3) is 4.81. The lowest BCUT2D eigenvalue weighted by molar-refractivity contribution is -0.119. The van der Waals surface area contributed by atoms with E-state index in [1.165, 1.54) is 4.68 Å². The van der Waals surface area contributed by atoms with E-state index < -0.39 is 18.5 Å². The number of aryl methyl sites for hydroxylation is 1. The molecule has 2 aromatic carbocycles. The van der Waals surface area contributed by atoms with Crippen molar-refractivity contribution in [3.05, 3.63) is 69.6 Å². The second-order valence-electron chi connectivity index (χ2n) is 6.38. The normalized spacial score (nSPS) is 10.7. The summed E-state index contributed by atoms with van der Waals surface area (Å²) in [4.78, 5) is 37.3. The number of fused-ring (bicyclic) bond motifs is 1. The SMILES string of the molecule is CCCCn1nc(C(=O)OCC(=O)Nc2ccccc2Cl)c2ccccc2c1=O. The maximum atomic E-state index is 12.6. The van der Waals surface area contributed by atoms with Crippen molar-refractivity contribution in [1.29, 1.82) is 0 Å². The van der Waals surface area contributed by atoms with Gasteiger partial charge in [0.25, 0.3) is 11.5 Å². The predicted octanol–water partition coefficient (Wildman–Crippen LogP) is 3.65. The Kier molecular flexibility index (Phi) is 6.61. The number of ether oxygens (including phenoxy) is 1. The Morgan fingerprint density at radius 3 is 2.52 bits per heavy atom. The molecule has 29 heavy (non-hydrogen) atoms. The second-order valence-corrected chi connectivity index (χ2v) is 6.79. The van der Waals surface area contributed by atoms with Crippen molar-refractivity contribution in [2.75, 3.05) is 11.9 Å². The van der Waals surface area contributed by atoms with Crippen molar-refractivity contribution in [3.8, 4) is 0 Å². The maximum Gasteiger partial charge on any atom is 0.359 e. The molecule has 0 spiro atoms. The molecule has 3 aromatic rings. The van der Waals surface area contributed by atoms with Gasteiger partial charge in [-0.2, -0.15) is 5.10 Å². The van der Waals surface area contributed by atoms with E-state index in [2.05, 4.69) is 10.4 Å². The number of carbonyl (C=O) groups excluding carboxylic acids is 2. The fourth-order valence-corrected chi connectivity index (χ4v) is 2.98. The standard InChI is InChI=1S/C21H20ClN3O4/c1-2-3-12-25-20(27)15-9-5-4-8-14(15)19(24-25)21(28)29-13-18(26)23-17-11-7-6-10-16(17)22/h4-11H,2-3,12-13H2,1H3,(H,23,26). The molecule has 0 bridgehead atoms. The van der Waals surface area contributed by atoms with Crippen molar-refractivity contribution >= 4 is 39.9 Å². The molecule has 8 heteroatoms. The third-order valence-corrected chi connectivity index (χ3v) is 4.60. The van der Waals surface area contributed by atoms with E-state index in [1.54, 1.807) is 48.5 Å². The molecule has 1 aromatic heterocycles. The van der Waals surface area contributed by atoms with E-state index in [-0.39, 0.29) is 11.3 Å². The number of carbonyl (C=O) groups is 2. The summed E-state index contributed by atoms with van der Waals surface area (Å²) in [6.07, 6.45) is 1.63. The Morgan fingerprint density at radius 1 is 1.10 bits per heavy atom. The van der Waals surface area contributed by atoms with Gasteiger partial charge in [0, 0.05) is 11.9 Å². The molecule has 7 nitrogen and oxygen atoms in total. The van der Waals surface area contributed by atoms with Crippen LogP contribution in [0.4, 0.5) is 5.69 Å². The first-order chi connectivity index (χ1) is 14.0. The zero-order chi connectivity index (χ0) is 20.8. The summed E-state index contributed by atoms with van der Waals surface area (Å²) in [5.74, 6) is -1.31. The van der Waals surface area contributed by atoms with Crippen molar-refractivity contribution in [1.82, 2.24) is 9.78 Å². The Hall–Kier alpha value is -3.19. The molecule has 0 aliphatic rings. The van der Waals surface area contributed by atoms with Gasteiger partial charge in [-0.1, -0.05) is 55.3 Å². The minimum absolute atomic E-state index is 0.00171. The van der Waals surface area contributed by atoms with Gasteiger partial charge in [0.15, 0.2) is 12.3 Å². The van der Waals surface area contributed by atoms with Crippen LogP contribution in [0.2, 0.25) is 5.02 Å². The lowest BCUT2D eigenvalue weighted by Crippen LogP contribution is -2.27. The van der Waals surface area contributed by atoms with Gasteiger partial charge in [0.05, 0.1) is 16.1 Å². The monoisotopic (exact) mass is 413 g/mol. The minimum Gasteiger partial charge on any atom is -0.451 e. The molecule has 1 amide bonds. The van der Waals surface area contributed by atoms with Gasteiger partial charge in [0.1, 0.15) is 0 Å². The number of unbranched alkanes of at least 4 members (excludes halogenated alkanes) is 1. The summed E-state index contributed by atoms with van der Waals surface area (Å²) in [6, 6.07) is 13.4. The summed E-state index contributed by atoms with van der Waals surface area (Å²) < 4.78 is 6.41. The molecule has 0 saturated heterocycles. The average molecular weight is 414 g/mol. The van der Waals surface area contributed by atoms with E-state index >= 15 is 0 Å². The van der Waals surface area contributed by atoms with Crippen LogP contribution in [0.5, 0.6) is 0 Å². The Bertz CT molecular complexity index is 1110. The number of aromatic nitrogens is 2. The number of nitrogens with one attached hydrogen (secondary N) is 1. The number of anilines is 1. The van der Waals surface area contributed by atoms with Crippen LogP contribution in [0.1, 0.15) is 30.3 Å². The lowest BCUT2D eigenvalue weighted by atomic mass is 10.1. The molecule has 150 valence electrons. The molecule has 0 aliphatic heterocycles. The van der Waals surface area contributed by atoms with Crippen LogP contribution < -0.4 is 10.9 Å². The van der Waals surface area contributed by atoms with Gasteiger partial charge < -0.3 is 10.1 Å². The quantitative estimate of drug-likeness (QED) is 0.597. The average Bonchev–Trinajstić information content (AvgIpc) is 2.73. The van der Waals surface area contributed by atoms with Crippen LogP contribution in [0.15, 0.2) is 53.3 Å². The number of amides is 1. The number of nitrogens with zero attached hydrogens (tertiary/aromatic N) is 2. The number of halogens is 1. The number of hydrogen-bond acceptors (Lipinski definition) is 5. The fraction of sp³-hybridized carbons (Fsp3) is 0.238. The van der Waals surface area contributed by atoms with E-state index in [9.17, 15) is 14.4 Å². The minimum atomic E-state index is -0.777. The topological polar surface area (TPSA) is 90.3 Å². The van der Waals surface area contributed by atoms with Crippen LogP contribution in [0.25, 0.3) is 10.8 Å². The Labute approximate surface area is 172 Å².